The van der Waals surface area contributed by atoms with Crippen molar-refractivity contribution in [2.75, 3.05) is 32.2 Å². The molecule has 0 bridgehead atoms. The molecule has 18 heavy (non-hydrogen) atoms. The van der Waals surface area contributed by atoms with Gasteiger partial charge in [-0.25, -0.2) is 4.98 Å². The Morgan fingerprint density at radius 3 is 2.83 bits per heavy atom. The van der Waals surface area contributed by atoms with Crippen LogP contribution in [0.2, 0.25) is 0 Å². The zero-order valence-corrected chi connectivity index (χ0v) is 11.1. The topological polar surface area (TPSA) is 76.5 Å². The highest BCUT2D eigenvalue weighted by Gasteiger charge is 2.10. The molecule has 1 unspecified atom stereocenters. The molecular weight excluding hydrogens is 234 g/mol. The van der Waals surface area contributed by atoms with E-state index < -0.39 is 0 Å². The van der Waals surface area contributed by atoms with Gasteiger partial charge in [0.25, 0.3) is 0 Å². The quantitative estimate of drug-likeness (QED) is 0.721. The summed E-state index contributed by atoms with van der Waals surface area (Å²) in [6.07, 6.45) is 0.578. The molecule has 2 N–H and O–H groups in total. The number of anilines is 1. The molecule has 1 heterocycles. The predicted molar refractivity (Wildman–Crippen MR) is 68.9 cm³/mol. The lowest BCUT2D eigenvalue weighted by atomic mass is 10.2. The summed E-state index contributed by atoms with van der Waals surface area (Å²) in [4.78, 5) is 8.53. The van der Waals surface area contributed by atoms with Gasteiger partial charge in [0.2, 0.25) is 11.8 Å². The Labute approximate surface area is 107 Å². The zero-order valence-electron chi connectivity index (χ0n) is 11.1. The summed E-state index contributed by atoms with van der Waals surface area (Å²) in [7, 11) is 1.62. The number of nitrogens with one attached hydrogen (secondary N) is 1. The number of ether oxygens (including phenoxy) is 2. The Bertz CT molecular complexity index is 354. The Morgan fingerprint density at radius 1 is 1.44 bits per heavy atom. The fourth-order valence-electron chi connectivity index (χ4n) is 1.56. The maximum absolute atomic E-state index is 8.97. The molecule has 1 aromatic rings. The van der Waals surface area contributed by atoms with Crippen LogP contribution in [0.25, 0.3) is 0 Å². The van der Waals surface area contributed by atoms with Gasteiger partial charge in [-0.3, -0.25) is 0 Å². The molecule has 1 rings (SSSR count). The number of aryl methyl sites for hydroxylation is 1. The van der Waals surface area contributed by atoms with Crippen molar-refractivity contribution in [1.29, 1.82) is 0 Å². The van der Waals surface area contributed by atoms with Crippen LogP contribution in [0.3, 0.4) is 0 Å². The number of aliphatic hydroxyl groups is 1. The third-order valence-electron chi connectivity index (χ3n) is 2.30. The van der Waals surface area contributed by atoms with E-state index in [0.29, 0.717) is 31.5 Å². The normalized spacial score (nSPS) is 12.2. The Kier molecular flexibility index (Phi) is 6.38. The smallest absolute Gasteiger partial charge is 0.226 e. The summed E-state index contributed by atoms with van der Waals surface area (Å²) in [5, 5.41) is 12.1. The maximum Gasteiger partial charge on any atom is 0.226 e. The lowest BCUT2D eigenvalue weighted by Crippen LogP contribution is -2.27. The van der Waals surface area contributed by atoms with Gasteiger partial charge in [-0.2, -0.15) is 4.98 Å². The van der Waals surface area contributed by atoms with Crippen molar-refractivity contribution < 1.29 is 14.6 Å². The minimum atomic E-state index is -0.0173. The average molecular weight is 255 g/mol. The fourth-order valence-corrected chi connectivity index (χ4v) is 1.56. The Balaban J connectivity index is 2.74. The number of hydrogen-bond donors (Lipinski definition) is 2. The lowest BCUT2D eigenvalue weighted by Gasteiger charge is -2.17. The number of nitrogens with zero attached hydrogens (tertiary/aromatic N) is 2. The number of hydrogen-bond acceptors (Lipinski definition) is 6. The van der Waals surface area contributed by atoms with E-state index in [1.54, 1.807) is 13.2 Å². The molecule has 0 radical (unpaired) electrons. The molecule has 0 aliphatic heterocycles. The first-order valence-electron chi connectivity index (χ1n) is 6.04. The van der Waals surface area contributed by atoms with E-state index in [4.69, 9.17) is 14.6 Å². The Morgan fingerprint density at radius 2 is 2.22 bits per heavy atom. The third-order valence-corrected chi connectivity index (χ3v) is 2.30. The van der Waals surface area contributed by atoms with E-state index in [0.717, 1.165) is 5.69 Å². The van der Waals surface area contributed by atoms with Crippen LogP contribution in [0.1, 0.15) is 19.0 Å². The van der Waals surface area contributed by atoms with E-state index in [1.807, 2.05) is 13.8 Å². The molecule has 0 amide bonds. The van der Waals surface area contributed by atoms with Crippen LogP contribution in [-0.2, 0) is 4.74 Å². The molecule has 0 aromatic carbocycles. The van der Waals surface area contributed by atoms with Crippen LogP contribution < -0.4 is 10.1 Å². The van der Waals surface area contributed by atoms with E-state index in [1.165, 1.54) is 0 Å². The van der Waals surface area contributed by atoms with Crippen LogP contribution in [0, 0.1) is 6.92 Å². The van der Waals surface area contributed by atoms with Gasteiger partial charge in [0, 0.05) is 25.5 Å². The van der Waals surface area contributed by atoms with Crippen molar-refractivity contribution in [1.82, 2.24) is 9.97 Å². The van der Waals surface area contributed by atoms with Crippen molar-refractivity contribution in [3.05, 3.63) is 11.8 Å². The first-order chi connectivity index (χ1) is 8.69. The van der Waals surface area contributed by atoms with E-state index >= 15 is 0 Å². The number of rotatable bonds is 8. The van der Waals surface area contributed by atoms with Crippen molar-refractivity contribution >= 4 is 5.95 Å². The summed E-state index contributed by atoms with van der Waals surface area (Å²) < 4.78 is 10.4. The van der Waals surface area contributed by atoms with Crippen molar-refractivity contribution in [3.8, 4) is 5.88 Å². The largest absolute Gasteiger partial charge is 0.478 e. The molecule has 102 valence electrons. The highest BCUT2D eigenvalue weighted by Crippen LogP contribution is 2.13. The molecule has 6 heteroatoms. The van der Waals surface area contributed by atoms with Gasteiger partial charge < -0.3 is 19.9 Å². The maximum atomic E-state index is 8.97. The van der Waals surface area contributed by atoms with Gasteiger partial charge in [0.1, 0.15) is 0 Å². The van der Waals surface area contributed by atoms with Gasteiger partial charge in [-0.1, -0.05) is 0 Å². The summed E-state index contributed by atoms with van der Waals surface area (Å²) in [6, 6.07) is 1.77. The molecule has 0 fully saturated rings. The van der Waals surface area contributed by atoms with Gasteiger partial charge in [0.15, 0.2) is 0 Å². The minimum Gasteiger partial charge on any atom is -0.478 e. The second-order valence-corrected chi connectivity index (χ2v) is 3.91. The second kappa shape index (κ2) is 7.84. The van der Waals surface area contributed by atoms with Crippen molar-refractivity contribution in [3.63, 3.8) is 0 Å². The monoisotopic (exact) mass is 255 g/mol. The predicted octanol–water partition coefficient (Wildman–Crippen LogP) is 0.993. The lowest BCUT2D eigenvalue weighted by molar-refractivity contribution is 0.170. The summed E-state index contributed by atoms with van der Waals surface area (Å²) >= 11 is 0. The van der Waals surface area contributed by atoms with Crippen LogP contribution in [-0.4, -0.2) is 48.0 Å². The number of aromatic nitrogens is 2. The first kappa shape index (κ1) is 14.7. The van der Waals surface area contributed by atoms with Gasteiger partial charge in [-0.05, 0) is 20.3 Å². The molecule has 0 spiro atoms. The zero-order chi connectivity index (χ0) is 13.4. The summed E-state index contributed by atoms with van der Waals surface area (Å²) in [5.74, 6) is 1.04. The molecule has 0 aliphatic rings. The summed E-state index contributed by atoms with van der Waals surface area (Å²) in [6.45, 7) is 4.93. The van der Waals surface area contributed by atoms with Gasteiger partial charge in [-0.15, -0.1) is 0 Å². The van der Waals surface area contributed by atoms with Crippen molar-refractivity contribution in [2.45, 2.75) is 26.3 Å². The average Bonchev–Trinajstić information content (AvgIpc) is 2.29. The van der Waals surface area contributed by atoms with E-state index in [-0.39, 0.29) is 12.6 Å². The molecule has 1 atom stereocenters. The molecular formula is C12H21N3O3. The molecule has 6 nitrogen and oxygen atoms in total. The molecule has 0 saturated carbocycles. The van der Waals surface area contributed by atoms with E-state index in [9.17, 15) is 0 Å². The highest BCUT2D eigenvalue weighted by molar-refractivity contribution is 5.31. The second-order valence-electron chi connectivity index (χ2n) is 3.91. The number of methoxy groups -OCH3 is 1. The van der Waals surface area contributed by atoms with Crippen LogP contribution in [0.4, 0.5) is 5.95 Å². The third kappa shape index (κ3) is 4.85. The van der Waals surface area contributed by atoms with Crippen molar-refractivity contribution in [2.24, 2.45) is 0 Å². The SMILES string of the molecule is CCOc1cc(C)nc(NC(CCO)COC)n1. The molecule has 1 aromatic heterocycles. The molecule has 0 aliphatic carbocycles. The number of aliphatic hydroxyl groups excluding tert-OH is 1. The van der Waals surface area contributed by atoms with Crippen LogP contribution in [0.15, 0.2) is 6.07 Å². The highest BCUT2D eigenvalue weighted by atomic mass is 16.5. The summed E-state index contributed by atoms with van der Waals surface area (Å²) in [5.41, 5.74) is 0.830. The first-order valence-corrected chi connectivity index (χ1v) is 6.04. The van der Waals surface area contributed by atoms with Crippen LogP contribution >= 0.6 is 0 Å². The van der Waals surface area contributed by atoms with Gasteiger partial charge in [0.05, 0.1) is 19.3 Å². The van der Waals surface area contributed by atoms with Gasteiger partial charge >= 0.3 is 0 Å². The standard InChI is InChI=1S/C12H21N3O3/c1-4-18-11-7-9(2)13-12(15-11)14-10(5-6-16)8-17-3/h7,10,16H,4-6,8H2,1-3H3,(H,13,14,15). The minimum absolute atomic E-state index is 0.0173. The van der Waals surface area contributed by atoms with E-state index in [2.05, 4.69) is 15.3 Å². The Hall–Kier alpha value is -1.40. The van der Waals surface area contributed by atoms with Crippen LogP contribution in [0.5, 0.6) is 5.88 Å². The molecule has 0 saturated heterocycles. The fraction of sp³-hybridized carbons (Fsp3) is 0.667.